The zero-order valence-electron chi connectivity index (χ0n) is 12.7. The lowest BCUT2D eigenvalue weighted by atomic mass is 10.2. The maximum Gasteiger partial charge on any atom is 0.243 e. The van der Waals surface area contributed by atoms with Crippen LogP contribution in [0.2, 0.25) is 10.0 Å². The van der Waals surface area contributed by atoms with Gasteiger partial charge in [0.15, 0.2) is 0 Å². The number of methoxy groups -OCH3 is 2. The first-order chi connectivity index (χ1) is 11.0. The van der Waals surface area contributed by atoms with Gasteiger partial charge in [0.2, 0.25) is 5.91 Å². The van der Waals surface area contributed by atoms with Crippen LogP contribution in [-0.2, 0) is 4.79 Å². The molecule has 0 heterocycles. The number of nitrogens with one attached hydrogen (secondary N) is 2. The number of amides is 1. The molecule has 7 heteroatoms. The van der Waals surface area contributed by atoms with E-state index < -0.39 is 0 Å². The predicted octanol–water partition coefficient (Wildman–Crippen LogP) is 4.06. The number of carbonyl (C=O) groups excluding carboxylic acids is 1. The van der Waals surface area contributed by atoms with Gasteiger partial charge in [0, 0.05) is 6.07 Å². The van der Waals surface area contributed by atoms with Crippen LogP contribution in [-0.4, -0.2) is 26.7 Å². The lowest BCUT2D eigenvalue weighted by Gasteiger charge is -2.13. The van der Waals surface area contributed by atoms with Crippen LogP contribution in [0.4, 0.5) is 11.4 Å². The predicted molar refractivity (Wildman–Crippen MR) is 93.1 cm³/mol. The van der Waals surface area contributed by atoms with Crippen molar-refractivity contribution in [3.05, 3.63) is 46.4 Å². The second-order valence-electron chi connectivity index (χ2n) is 4.57. The van der Waals surface area contributed by atoms with Crippen molar-refractivity contribution in [1.29, 1.82) is 0 Å². The molecule has 0 unspecified atom stereocenters. The lowest BCUT2D eigenvalue weighted by Crippen LogP contribution is -2.22. The van der Waals surface area contributed by atoms with Gasteiger partial charge in [0.1, 0.15) is 11.5 Å². The van der Waals surface area contributed by atoms with E-state index in [1.165, 1.54) is 7.11 Å². The summed E-state index contributed by atoms with van der Waals surface area (Å²) in [7, 11) is 3.08. The van der Waals surface area contributed by atoms with E-state index in [-0.39, 0.29) is 12.5 Å². The minimum absolute atomic E-state index is 0.0370. The monoisotopic (exact) mass is 354 g/mol. The molecule has 0 atom stereocenters. The summed E-state index contributed by atoms with van der Waals surface area (Å²) >= 11 is 12.0. The molecule has 0 saturated carbocycles. The number of rotatable bonds is 6. The molecule has 2 aromatic carbocycles. The van der Waals surface area contributed by atoms with Crippen LogP contribution in [0.15, 0.2) is 36.4 Å². The Hall–Kier alpha value is -2.11. The normalized spacial score (nSPS) is 10.1. The highest BCUT2D eigenvalue weighted by atomic mass is 35.5. The summed E-state index contributed by atoms with van der Waals surface area (Å²) in [4.78, 5) is 12.1. The van der Waals surface area contributed by atoms with Crippen molar-refractivity contribution >= 4 is 40.5 Å². The summed E-state index contributed by atoms with van der Waals surface area (Å²) in [6.07, 6.45) is 0. The van der Waals surface area contributed by atoms with E-state index in [1.54, 1.807) is 43.5 Å². The molecule has 0 spiro atoms. The van der Waals surface area contributed by atoms with E-state index in [1.807, 2.05) is 0 Å². The van der Waals surface area contributed by atoms with Gasteiger partial charge in [-0.3, -0.25) is 4.79 Å². The number of benzene rings is 2. The largest absolute Gasteiger partial charge is 0.497 e. The molecule has 5 nitrogen and oxygen atoms in total. The molecule has 23 heavy (non-hydrogen) atoms. The Kier molecular flexibility index (Phi) is 5.96. The van der Waals surface area contributed by atoms with Crippen molar-refractivity contribution < 1.29 is 14.3 Å². The minimum Gasteiger partial charge on any atom is -0.497 e. The fourth-order valence-corrected chi connectivity index (χ4v) is 2.28. The van der Waals surface area contributed by atoms with Gasteiger partial charge in [0.05, 0.1) is 42.2 Å². The molecular formula is C16H16Cl2N2O3. The van der Waals surface area contributed by atoms with Crippen LogP contribution in [0.3, 0.4) is 0 Å². The number of halogens is 2. The quantitative estimate of drug-likeness (QED) is 0.820. The van der Waals surface area contributed by atoms with Crippen LogP contribution in [0.25, 0.3) is 0 Å². The summed E-state index contributed by atoms with van der Waals surface area (Å²) in [5.74, 6) is 0.909. The van der Waals surface area contributed by atoms with Gasteiger partial charge in [0.25, 0.3) is 0 Å². The summed E-state index contributed by atoms with van der Waals surface area (Å²) in [5.41, 5.74) is 1.15. The van der Waals surface area contributed by atoms with Crippen molar-refractivity contribution in [3.63, 3.8) is 0 Å². The summed E-state index contributed by atoms with van der Waals surface area (Å²) in [5, 5.41) is 6.50. The molecule has 0 aromatic heterocycles. The summed E-state index contributed by atoms with van der Waals surface area (Å²) < 4.78 is 10.3. The molecule has 0 bridgehead atoms. The Morgan fingerprint density at radius 2 is 1.87 bits per heavy atom. The molecule has 2 N–H and O–H groups in total. The Morgan fingerprint density at radius 1 is 1.09 bits per heavy atom. The topological polar surface area (TPSA) is 59.6 Å². The smallest absolute Gasteiger partial charge is 0.243 e. The molecule has 0 aliphatic carbocycles. The molecule has 0 radical (unpaired) electrons. The highest BCUT2D eigenvalue weighted by molar-refractivity contribution is 6.43. The van der Waals surface area contributed by atoms with Crippen LogP contribution >= 0.6 is 23.2 Å². The molecule has 1 amide bonds. The third kappa shape index (κ3) is 4.43. The molecule has 0 aliphatic heterocycles. The van der Waals surface area contributed by atoms with Gasteiger partial charge in [-0.2, -0.15) is 0 Å². The number of anilines is 2. The fraction of sp³-hybridized carbons (Fsp3) is 0.188. The number of carbonyl (C=O) groups is 1. The van der Waals surface area contributed by atoms with Gasteiger partial charge in [-0.15, -0.1) is 0 Å². The average Bonchev–Trinajstić information content (AvgIpc) is 2.56. The summed E-state index contributed by atoms with van der Waals surface area (Å²) in [6, 6.07) is 10.3. The molecule has 0 aliphatic rings. The van der Waals surface area contributed by atoms with Gasteiger partial charge < -0.3 is 20.1 Å². The van der Waals surface area contributed by atoms with Gasteiger partial charge in [-0.05, 0) is 24.3 Å². The van der Waals surface area contributed by atoms with Crippen LogP contribution in [0.1, 0.15) is 0 Å². The molecule has 0 saturated heterocycles. The first-order valence-electron chi connectivity index (χ1n) is 6.75. The van der Waals surface area contributed by atoms with Gasteiger partial charge in [-0.1, -0.05) is 29.3 Å². The van der Waals surface area contributed by atoms with E-state index in [0.717, 1.165) is 0 Å². The SMILES string of the molecule is COc1ccc(NC(=O)CNc2cccc(Cl)c2Cl)c(OC)c1. The van der Waals surface area contributed by atoms with E-state index >= 15 is 0 Å². The molecule has 122 valence electrons. The molecule has 2 aromatic rings. The molecule has 2 rings (SSSR count). The zero-order valence-corrected chi connectivity index (χ0v) is 14.2. The average molecular weight is 355 g/mol. The fourth-order valence-electron chi connectivity index (χ4n) is 1.91. The maximum atomic E-state index is 12.1. The first-order valence-corrected chi connectivity index (χ1v) is 7.50. The van der Waals surface area contributed by atoms with Crippen LogP contribution in [0.5, 0.6) is 11.5 Å². The lowest BCUT2D eigenvalue weighted by molar-refractivity contribution is -0.114. The Morgan fingerprint density at radius 3 is 2.57 bits per heavy atom. The van der Waals surface area contributed by atoms with Gasteiger partial charge >= 0.3 is 0 Å². The van der Waals surface area contributed by atoms with Crippen molar-refractivity contribution in [3.8, 4) is 11.5 Å². The van der Waals surface area contributed by atoms with E-state index in [4.69, 9.17) is 32.7 Å². The van der Waals surface area contributed by atoms with Crippen molar-refractivity contribution in [1.82, 2.24) is 0 Å². The van der Waals surface area contributed by atoms with Gasteiger partial charge in [-0.25, -0.2) is 0 Å². The highest BCUT2D eigenvalue weighted by Gasteiger charge is 2.10. The van der Waals surface area contributed by atoms with Crippen LogP contribution < -0.4 is 20.1 Å². The molecular weight excluding hydrogens is 339 g/mol. The second kappa shape index (κ2) is 7.94. The standard InChI is InChI=1S/C16H16Cl2N2O3/c1-22-10-6-7-12(14(8-10)23-2)20-15(21)9-19-13-5-3-4-11(17)16(13)18/h3-8,19H,9H2,1-2H3,(H,20,21). The number of ether oxygens (including phenoxy) is 2. The minimum atomic E-state index is -0.246. The van der Waals surface area contributed by atoms with Crippen LogP contribution in [0, 0.1) is 0 Å². The highest BCUT2D eigenvalue weighted by Crippen LogP contribution is 2.30. The Labute approximate surface area is 144 Å². The first kappa shape index (κ1) is 17.2. The Bertz CT molecular complexity index is 708. The molecule has 0 fully saturated rings. The van der Waals surface area contributed by atoms with Crippen molar-refractivity contribution in [2.45, 2.75) is 0 Å². The zero-order chi connectivity index (χ0) is 16.8. The maximum absolute atomic E-state index is 12.1. The van der Waals surface area contributed by atoms with E-state index in [0.29, 0.717) is 32.9 Å². The van der Waals surface area contributed by atoms with E-state index in [9.17, 15) is 4.79 Å². The number of hydrogen-bond acceptors (Lipinski definition) is 4. The third-order valence-corrected chi connectivity index (χ3v) is 3.89. The van der Waals surface area contributed by atoms with Crippen molar-refractivity contribution in [2.75, 3.05) is 31.4 Å². The Balaban J connectivity index is 2.01. The number of hydrogen-bond donors (Lipinski definition) is 2. The summed E-state index contributed by atoms with van der Waals surface area (Å²) in [6.45, 7) is 0.0370. The van der Waals surface area contributed by atoms with Crippen molar-refractivity contribution in [2.24, 2.45) is 0 Å². The second-order valence-corrected chi connectivity index (χ2v) is 5.35. The van der Waals surface area contributed by atoms with E-state index in [2.05, 4.69) is 10.6 Å². The third-order valence-electron chi connectivity index (χ3n) is 3.07.